The van der Waals surface area contributed by atoms with Gasteiger partial charge in [0.15, 0.2) is 0 Å². The second-order valence-electron chi connectivity index (χ2n) is 8.31. The van der Waals surface area contributed by atoms with Crippen LogP contribution in [0.5, 0.6) is 0 Å². The lowest BCUT2D eigenvalue weighted by Gasteiger charge is -2.51. The number of piperidine rings is 3. The van der Waals surface area contributed by atoms with Crippen molar-refractivity contribution in [1.82, 2.24) is 9.80 Å². The van der Waals surface area contributed by atoms with Gasteiger partial charge in [0.25, 0.3) is 5.91 Å². The Balaban J connectivity index is 1.53. The van der Waals surface area contributed by atoms with Gasteiger partial charge in [-0.1, -0.05) is 42.0 Å². The summed E-state index contributed by atoms with van der Waals surface area (Å²) in [4.78, 5) is 17.9. The molecule has 4 aliphatic heterocycles. The van der Waals surface area contributed by atoms with E-state index in [9.17, 15) is 9.18 Å². The molecule has 0 N–H and O–H groups in total. The predicted octanol–water partition coefficient (Wildman–Crippen LogP) is 3.84. The molecule has 0 radical (unpaired) electrons. The van der Waals surface area contributed by atoms with Crippen LogP contribution in [0.2, 0.25) is 0 Å². The maximum atomic E-state index is 14.3. The van der Waals surface area contributed by atoms with Crippen molar-refractivity contribution in [3.63, 3.8) is 0 Å². The monoisotopic (exact) mass is 364 g/mol. The number of carbonyl (C=O) groups excluding carboxylic acids is 1. The fourth-order valence-corrected chi connectivity index (χ4v) is 5.55. The zero-order valence-corrected chi connectivity index (χ0v) is 15.6. The Hall–Kier alpha value is -2.20. The summed E-state index contributed by atoms with van der Waals surface area (Å²) in [5, 5.41) is 0. The fraction of sp³-hybridized carbons (Fsp3) is 0.435. The SMILES string of the molecule is Cc1ccc([C@H]2CN(C(=O)c3ccccc3F)[C@@H]3C4CCN(CC4)[C@H]23)cc1. The molecule has 0 spiro atoms. The Bertz CT molecular complexity index is 857. The first-order valence-electron chi connectivity index (χ1n) is 9.99. The highest BCUT2D eigenvalue weighted by Crippen LogP contribution is 2.47. The van der Waals surface area contributed by atoms with Crippen LogP contribution >= 0.6 is 0 Å². The van der Waals surface area contributed by atoms with Gasteiger partial charge in [0.2, 0.25) is 0 Å². The molecule has 3 nitrogen and oxygen atoms in total. The van der Waals surface area contributed by atoms with Crippen LogP contribution in [0, 0.1) is 18.7 Å². The average molecular weight is 364 g/mol. The van der Waals surface area contributed by atoms with E-state index in [0.717, 1.165) is 25.9 Å². The molecule has 0 aliphatic carbocycles. The van der Waals surface area contributed by atoms with Gasteiger partial charge in [-0.05, 0) is 56.5 Å². The molecule has 0 aromatic heterocycles. The van der Waals surface area contributed by atoms with E-state index in [4.69, 9.17) is 0 Å². The smallest absolute Gasteiger partial charge is 0.257 e. The van der Waals surface area contributed by atoms with Crippen LogP contribution in [-0.4, -0.2) is 47.4 Å². The normalized spacial score (nSPS) is 31.8. The van der Waals surface area contributed by atoms with Gasteiger partial charge in [-0.3, -0.25) is 9.69 Å². The van der Waals surface area contributed by atoms with Crippen LogP contribution in [-0.2, 0) is 0 Å². The number of hydrogen-bond donors (Lipinski definition) is 0. The van der Waals surface area contributed by atoms with Crippen LogP contribution in [0.4, 0.5) is 4.39 Å². The number of fused-ring (bicyclic) bond motifs is 2. The van der Waals surface area contributed by atoms with Gasteiger partial charge in [0.05, 0.1) is 11.6 Å². The van der Waals surface area contributed by atoms with Crippen molar-refractivity contribution >= 4 is 5.91 Å². The molecule has 4 aliphatic rings. The predicted molar refractivity (Wildman–Crippen MR) is 103 cm³/mol. The standard InChI is InChI=1S/C23H25FN2O/c1-15-6-8-16(9-7-15)19-14-26(23(27)18-4-2-3-5-20(18)24)21-17-10-12-25(13-11-17)22(19)21/h2-9,17,19,21-22H,10-14H2,1H3/t19-,21-,22-/m1/s1. The first-order valence-corrected chi connectivity index (χ1v) is 9.99. The summed E-state index contributed by atoms with van der Waals surface area (Å²) in [6, 6.07) is 15.7. The van der Waals surface area contributed by atoms with E-state index in [1.165, 1.54) is 17.2 Å². The third-order valence-electron chi connectivity index (χ3n) is 6.86. The number of halogens is 1. The zero-order valence-electron chi connectivity index (χ0n) is 15.6. The summed E-state index contributed by atoms with van der Waals surface area (Å²) in [5.41, 5.74) is 2.75. The van der Waals surface area contributed by atoms with Crippen molar-refractivity contribution in [1.29, 1.82) is 0 Å². The molecule has 4 heterocycles. The second kappa shape index (κ2) is 6.45. The van der Waals surface area contributed by atoms with Crippen molar-refractivity contribution in [2.75, 3.05) is 19.6 Å². The highest BCUT2D eigenvalue weighted by Gasteiger charge is 2.54. The second-order valence-corrected chi connectivity index (χ2v) is 8.31. The van der Waals surface area contributed by atoms with E-state index in [1.807, 2.05) is 4.90 Å². The number of aryl methyl sites for hydroxylation is 1. The lowest BCUT2D eigenvalue weighted by Crippen LogP contribution is -2.60. The maximum Gasteiger partial charge on any atom is 0.257 e. The van der Waals surface area contributed by atoms with E-state index in [2.05, 4.69) is 36.1 Å². The lowest BCUT2D eigenvalue weighted by atomic mass is 9.75. The van der Waals surface area contributed by atoms with E-state index in [-0.39, 0.29) is 17.5 Å². The minimum absolute atomic E-state index is 0.147. The number of hydrogen-bond acceptors (Lipinski definition) is 2. The summed E-state index contributed by atoms with van der Waals surface area (Å²) in [6.07, 6.45) is 2.28. The molecule has 27 heavy (non-hydrogen) atoms. The highest BCUT2D eigenvalue weighted by atomic mass is 19.1. The molecule has 2 aromatic rings. The molecule has 4 heteroatoms. The number of likely N-dealkylation sites (tertiary alicyclic amines) is 1. The first kappa shape index (κ1) is 16.9. The molecule has 140 valence electrons. The molecule has 6 rings (SSSR count). The van der Waals surface area contributed by atoms with Crippen molar-refractivity contribution in [2.24, 2.45) is 5.92 Å². The Labute approximate surface area is 159 Å². The number of benzene rings is 2. The van der Waals surface area contributed by atoms with Gasteiger partial charge in [-0.2, -0.15) is 0 Å². The molecule has 2 aromatic carbocycles. The van der Waals surface area contributed by atoms with Crippen molar-refractivity contribution < 1.29 is 9.18 Å². The van der Waals surface area contributed by atoms with E-state index in [0.29, 0.717) is 24.4 Å². The molecular weight excluding hydrogens is 339 g/mol. The topological polar surface area (TPSA) is 23.6 Å². The molecule has 4 saturated heterocycles. The molecule has 4 fully saturated rings. The Morgan fingerprint density at radius 1 is 1.00 bits per heavy atom. The van der Waals surface area contributed by atoms with Crippen LogP contribution < -0.4 is 0 Å². The lowest BCUT2D eigenvalue weighted by molar-refractivity contribution is -0.00353. The van der Waals surface area contributed by atoms with Crippen LogP contribution in [0.3, 0.4) is 0 Å². The van der Waals surface area contributed by atoms with Gasteiger partial charge in [0, 0.05) is 18.5 Å². The zero-order chi connectivity index (χ0) is 18.5. The van der Waals surface area contributed by atoms with Crippen molar-refractivity contribution in [2.45, 2.75) is 37.8 Å². The third-order valence-corrected chi connectivity index (χ3v) is 6.86. The van der Waals surface area contributed by atoms with E-state index in [1.54, 1.807) is 18.2 Å². The number of amides is 1. The van der Waals surface area contributed by atoms with Gasteiger partial charge in [-0.15, -0.1) is 0 Å². The number of nitrogens with zero attached hydrogens (tertiary/aromatic N) is 2. The third kappa shape index (κ3) is 2.69. The Morgan fingerprint density at radius 3 is 2.41 bits per heavy atom. The maximum absolute atomic E-state index is 14.3. The van der Waals surface area contributed by atoms with Crippen LogP contribution in [0.15, 0.2) is 48.5 Å². The fourth-order valence-electron chi connectivity index (χ4n) is 5.55. The molecule has 0 saturated carbocycles. The largest absolute Gasteiger partial charge is 0.333 e. The van der Waals surface area contributed by atoms with Crippen molar-refractivity contribution in [3.05, 3.63) is 71.0 Å². The van der Waals surface area contributed by atoms with Gasteiger partial charge in [0.1, 0.15) is 5.82 Å². The van der Waals surface area contributed by atoms with Crippen LogP contribution in [0.1, 0.15) is 40.2 Å². The molecule has 3 atom stereocenters. The summed E-state index contributed by atoms with van der Waals surface area (Å²) in [5.74, 6) is 0.270. The van der Waals surface area contributed by atoms with Gasteiger partial charge < -0.3 is 4.90 Å². The quantitative estimate of drug-likeness (QED) is 0.808. The number of rotatable bonds is 2. The Kier molecular flexibility index (Phi) is 4.05. The molecule has 0 unspecified atom stereocenters. The summed E-state index contributed by atoms with van der Waals surface area (Å²) in [7, 11) is 0. The van der Waals surface area contributed by atoms with Gasteiger partial charge >= 0.3 is 0 Å². The van der Waals surface area contributed by atoms with E-state index < -0.39 is 5.82 Å². The first-order chi connectivity index (χ1) is 13.1. The Morgan fingerprint density at radius 2 is 1.70 bits per heavy atom. The van der Waals surface area contributed by atoms with Crippen molar-refractivity contribution in [3.8, 4) is 0 Å². The van der Waals surface area contributed by atoms with Gasteiger partial charge in [-0.25, -0.2) is 4.39 Å². The molecule has 2 bridgehead atoms. The summed E-state index contributed by atoms with van der Waals surface area (Å²) in [6.45, 7) is 5.02. The summed E-state index contributed by atoms with van der Waals surface area (Å²) < 4.78 is 14.3. The number of carbonyl (C=O) groups is 1. The summed E-state index contributed by atoms with van der Waals surface area (Å²) >= 11 is 0. The minimum Gasteiger partial charge on any atom is -0.333 e. The van der Waals surface area contributed by atoms with Crippen LogP contribution in [0.25, 0.3) is 0 Å². The molecule has 1 amide bonds. The average Bonchev–Trinajstić information content (AvgIpc) is 3.12. The molecular formula is C23H25FN2O. The minimum atomic E-state index is -0.417. The highest BCUT2D eigenvalue weighted by molar-refractivity contribution is 5.95. The van der Waals surface area contributed by atoms with E-state index >= 15 is 0 Å².